The van der Waals surface area contributed by atoms with Crippen molar-refractivity contribution in [3.8, 4) is 11.5 Å². The van der Waals surface area contributed by atoms with Crippen LogP contribution in [0.4, 0.5) is 0 Å². The van der Waals surface area contributed by atoms with E-state index in [1.54, 1.807) is 47.4 Å². The number of methoxy groups -OCH3 is 1. The number of halogens is 1. The van der Waals surface area contributed by atoms with Gasteiger partial charge in [-0.3, -0.25) is 9.59 Å². The summed E-state index contributed by atoms with van der Waals surface area (Å²) in [6, 6.07) is 11.1. The van der Waals surface area contributed by atoms with Crippen molar-refractivity contribution in [2.24, 2.45) is 0 Å². The lowest BCUT2D eigenvalue weighted by atomic mass is 9.95. The van der Waals surface area contributed by atoms with Gasteiger partial charge >= 0.3 is 0 Å². The Morgan fingerprint density at radius 1 is 1.06 bits per heavy atom. The van der Waals surface area contributed by atoms with Crippen LogP contribution in [0, 0.1) is 0 Å². The van der Waals surface area contributed by atoms with E-state index in [0.29, 0.717) is 47.2 Å². The summed E-state index contributed by atoms with van der Waals surface area (Å²) in [5, 5.41) is 11.7. The van der Waals surface area contributed by atoms with Gasteiger partial charge in [-0.15, -0.1) is 0 Å². The predicted octanol–water partition coefficient (Wildman–Crippen LogP) is 4.90. The third-order valence-corrected chi connectivity index (χ3v) is 6.48. The van der Waals surface area contributed by atoms with Gasteiger partial charge in [-0.05, 0) is 74.9 Å². The van der Waals surface area contributed by atoms with E-state index in [0.717, 1.165) is 19.6 Å². The molecule has 3 rings (SSSR count). The van der Waals surface area contributed by atoms with E-state index < -0.39 is 17.7 Å². The zero-order valence-corrected chi connectivity index (χ0v) is 21.5. The van der Waals surface area contributed by atoms with Crippen LogP contribution in [-0.4, -0.2) is 66.5 Å². The maximum absolute atomic E-state index is 13.2. The molecule has 8 heteroatoms. The first kappa shape index (κ1) is 26.6. The zero-order valence-electron chi connectivity index (χ0n) is 20.7. The van der Waals surface area contributed by atoms with Crippen LogP contribution in [0.5, 0.6) is 11.5 Å². The van der Waals surface area contributed by atoms with Gasteiger partial charge in [0, 0.05) is 17.1 Å². The number of ketones is 1. The Bertz CT molecular complexity index is 1080. The maximum Gasteiger partial charge on any atom is 0.295 e. The van der Waals surface area contributed by atoms with Gasteiger partial charge in [0.25, 0.3) is 11.7 Å². The molecule has 1 aliphatic heterocycles. The van der Waals surface area contributed by atoms with Crippen LogP contribution in [0.15, 0.2) is 48.0 Å². The number of Topliss-reactive ketones (excluding diaryl/α,β-unsaturated/α-hetero) is 1. The van der Waals surface area contributed by atoms with Crippen molar-refractivity contribution in [2.45, 2.75) is 33.2 Å². The van der Waals surface area contributed by atoms with Crippen LogP contribution in [0.2, 0.25) is 5.02 Å². The topological polar surface area (TPSA) is 79.3 Å². The van der Waals surface area contributed by atoms with Gasteiger partial charge in [0.2, 0.25) is 0 Å². The average Bonchev–Trinajstić information content (AvgIpc) is 3.12. The molecule has 1 atom stereocenters. The van der Waals surface area contributed by atoms with Crippen molar-refractivity contribution < 1.29 is 24.2 Å². The van der Waals surface area contributed by atoms with Crippen molar-refractivity contribution in [3.63, 3.8) is 0 Å². The van der Waals surface area contributed by atoms with E-state index >= 15 is 0 Å². The Kier molecular flexibility index (Phi) is 9.18. The van der Waals surface area contributed by atoms with E-state index in [9.17, 15) is 14.7 Å². The van der Waals surface area contributed by atoms with Crippen molar-refractivity contribution in [1.82, 2.24) is 9.80 Å². The number of hydrogen-bond donors (Lipinski definition) is 1. The summed E-state index contributed by atoms with van der Waals surface area (Å²) >= 11 is 6.00. The standard InChI is InChI=1S/C27H33ClN2O5/c1-5-29(6-2)15-8-16-30-24(19-11-14-21(35-7-3)22(17-19)34-4)23(26(32)27(30)33)25(31)18-9-12-20(28)13-10-18/h9-14,17,24,31H,5-8,15-16H2,1-4H3/b25-23+/t24-/m0/s1. The Morgan fingerprint density at radius 2 is 1.74 bits per heavy atom. The van der Waals surface area contributed by atoms with Crippen LogP contribution in [-0.2, 0) is 9.59 Å². The first-order valence-electron chi connectivity index (χ1n) is 11.9. The van der Waals surface area contributed by atoms with Gasteiger partial charge in [0.05, 0.1) is 25.3 Å². The third-order valence-electron chi connectivity index (χ3n) is 6.23. The Morgan fingerprint density at radius 3 is 2.34 bits per heavy atom. The highest BCUT2D eigenvalue weighted by Gasteiger charge is 2.46. The SMILES string of the molecule is CCOc1ccc([C@H]2/C(=C(\O)c3ccc(Cl)cc3)C(=O)C(=O)N2CCCN(CC)CC)cc1OC. The highest BCUT2D eigenvalue weighted by atomic mass is 35.5. The van der Waals surface area contributed by atoms with E-state index in [4.69, 9.17) is 21.1 Å². The molecule has 1 amide bonds. The van der Waals surface area contributed by atoms with Crippen LogP contribution in [0.1, 0.15) is 44.4 Å². The summed E-state index contributed by atoms with van der Waals surface area (Å²) in [4.78, 5) is 30.2. The molecule has 0 radical (unpaired) electrons. The lowest BCUT2D eigenvalue weighted by Gasteiger charge is -2.27. The summed E-state index contributed by atoms with van der Waals surface area (Å²) in [5.41, 5.74) is 1.12. The minimum absolute atomic E-state index is 0.0476. The van der Waals surface area contributed by atoms with Crippen LogP contribution in [0.3, 0.4) is 0 Å². The molecule has 1 fully saturated rings. The van der Waals surface area contributed by atoms with Gasteiger partial charge in [-0.25, -0.2) is 0 Å². The molecule has 0 spiro atoms. The second kappa shape index (κ2) is 12.1. The highest BCUT2D eigenvalue weighted by Crippen LogP contribution is 2.42. The van der Waals surface area contributed by atoms with E-state index in [-0.39, 0.29) is 11.3 Å². The van der Waals surface area contributed by atoms with Crippen LogP contribution in [0.25, 0.3) is 5.76 Å². The lowest BCUT2D eigenvalue weighted by Crippen LogP contribution is -2.33. The first-order chi connectivity index (χ1) is 16.9. The molecule has 35 heavy (non-hydrogen) atoms. The van der Waals surface area contributed by atoms with Crippen molar-refractivity contribution in [2.75, 3.05) is 39.9 Å². The number of aliphatic hydroxyl groups excluding tert-OH is 1. The summed E-state index contributed by atoms with van der Waals surface area (Å²) in [7, 11) is 1.54. The molecule has 0 bridgehead atoms. The number of carbonyl (C=O) groups excluding carboxylic acids is 2. The smallest absolute Gasteiger partial charge is 0.295 e. The van der Waals surface area contributed by atoms with Crippen LogP contribution < -0.4 is 9.47 Å². The number of ether oxygens (including phenoxy) is 2. The summed E-state index contributed by atoms with van der Waals surface area (Å²) in [5.74, 6) is -0.514. The van der Waals surface area contributed by atoms with Gasteiger partial charge in [0.1, 0.15) is 5.76 Å². The number of hydrogen-bond acceptors (Lipinski definition) is 6. The number of carbonyl (C=O) groups is 2. The average molecular weight is 501 g/mol. The van der Waals surface area contributed by atoms with Crippen LogP contribution >= 0.6 is 11.6 Å². The molecule has 2 aromatic rings. The summed E-state index contributed by atoms with van der Waals surface area (Å²) in [6.45, 7) is 9.52. The normalized spacial score (nSPS) is 17.3. The lowest BCUT2D eigenvalue weighted by molar-refractivity contribution is -0.140. The Balaban J connectivity index is 2.08. The van der Waals surface area contributed by atoms with Gasteiger partial charge in [-0.2, -0.15) is 0 Å². The molecule has 1 N–H and O–H groups in total. The highest BCUT2D eigenvalue weighted by molar-refractivity contribution is 6.46. The molecule has 0 saturated carbocycles. The van der Waals surface area contributed by atoms with Gasteiger partial charge in [-0.1, -0.05) is 31.5 Å². The maximum atomic E-state index is 13.2. The molecular weight excluding hydrogens is 468 g/mol. The first-order valence-corrected chi connectivity index (χ1v) is 12.3. The Hall–Kier alpha value is -3.03. The quantitative estimate of drug-likeness (QED) is 0.268. The molecule has 0 aromatic heterocycles. The fourth-order valence-electron chi connectivity index (χ4n) is 4.35. The second-order valence-electron chi connectivity index (χ2n) is 8.22. The molecular formula is C27H33ClN2O5. The van der Waals surface area contributed by atoms with Gasteiger partial charge < -0.3 is 24.4 Å². The number of benzene rings is 2. The molecule has 2 aromatic carbocycles. The summed E-state index contributed by atoms with van der Waals surface area (Å²) < 4.78 is 11.1. The fraction of sp³-hybridized carbons (Fsp3) is 0.407. The molecule has 1 heterocycles. The van der Waals surface area contributed by atoms with Crippen molar-refractivity contribution in [1.29, 1.82) is 0 Å². The third kappa shape index (κ3) is 5.80. The predicted molar refractivity (Wildman–Crippen MR) is 137 cm³/mol. The zero-order chi connectivity index (χ0) is 25.5. The largest absolute Gasteiger partial charge is 0.507 e. The minimum atomic E-state index is -0.757. The second-order valence-corrected chi connectivity index (χ2v) is 8.66. The van der Waals surface area contributed by atoms with Crippen molar-refractivity contribution in [3.05, 3.63) is 64.2 Å². The molecule has 188 valence electrons. The number of nitrogens with zero attached hydrogens (tertiary/aromatic N) is 2. The molecule has 7 nitrogen and oxygen atoms in total. The number of likely N-dealkylation sites (tertiary alicyclic amines) is 1. The van der Waals surface area contributed by atoms with E-state index in [1.165, 1.54) is 7.11 Å². The summed E-state index contributed by atoms with van der Waals surface area (Å²) in [6.07, 6.45) is 0.695. The van der Waals surface area contributed by atoms with E-state index in [1.807, 2.05) is 6.92 Å². The number of rotatable bonds is 11. The number of amides is 1. The molecule has 1 aliphatic rings. The number of aliphatic hydroxyl groups is 1. The molecule has 1 saturated heterocycles. The minimum Gasteiger partial charge on any atom is -0.507 e. The van der Waals surface area contributed by atoms with Crippen molar-refractivity contribution >= 4 is 29.1 Å². The fourth-order valence-corrected chi connectivity index (χ4v) is 4.48. The van der Waals surface area contributed by atoms with E-state index in [2.05, 4.69) is 18.7 Å². The van der Waals surface area contributed by atoms with Gasteiger partial charge in [0.15, 0.2) is 11.5 Å². The molecule has 0 unspecified atom stereocenters. The molecule has 0 aliphatic carbocycles. The monoisotopic (exact) mass is 500 g/mol. The Labute approximate surface area is 211 Å².